The van der Waals surface area contributed by atoms with Crippen molar-refractivity contribution < 1.29 is 9.59 Å². The van der Waals surface area contributed by atoms with Crippen molar-refractivity contribution >= 4 is 34.8 Å². The van der Waals surface area contributed by atoms with E-state index in [9.17, 15) is 9.59 Å². The second-order valence-electron chi connectivity index (χ2n) is 6.42. The van der Waals surface area contributed by atoms with Gasteiger partial charge in [0.05, 0.1) is 0 Å². The average Bonchev–Trinajstić information content (AvgIpc) is 2.87. The summed E-state index contributed by atoms with van der Waals surface area (Å²) in [4.78, 5) is 26.8. The Morgan fingerprint density at radius 3 is 1.62 bits per heavy atom. The van der Waals surface area contributed by atoms with Gasteiger partial charge in [0, 0.05) is 21.2 Å². The Labute approximate surface area is 161 Å². The number of Topliss-reactive ketones (excluding diaryl/α,β-unsaturated/α-hetero) is 2. The Bertz CT molecular complexity index is 970. The third-order valence-electron chi connectivity index (χ3n) is 4.91. The molecule has 3 aromatic rings. The van der Waals surface area contributed by atoms with Crippen LogP contribution in [0.5, 0.6) is 0 Å². The van der Waals surface area contributed by atoms with Gasteiger partial charge >= 0.3 is 0 Å². The molecule has 1 aliphatic carbocycles. The van der Waals surface area contributed by atoms with Crippen LogP contribution >= 0.6 is 23.2 Å². The molecule has 128 valence electrons. The second-order valence-corrected chi connectivity index (χ2v) is 7.29. The van der Waals surface area contributed by atoms with E-state index < -0.39 is 5.41 Å². The van der Waals surface area contributed by atoms with Crippen molar-refractivity contribution in [1.82, 2.24) is 0 Å². The summed E-state index contributed by atoms with van der Waals surface area (Å²) in [6, 6.07) is 21.2. The van der Waals surface area contributed by atoms with Crippen molar-refractivity contribution in [2.45, 2.75) is 11.8 Å². The zero-order valence-corrected chi connectivity index (χ0v) is 15.2. The monoisotopic (exact) mass is 380 g/mol. The molecule has 0 atom stereocenters. The van der Waals surface area contributed by atoms with E-state index in [2.05, 4.69) is 0 Å². The Kier molecular flexibility index (Phi) is 4.18. The fourth-order valence-corrected chi connectivity index (χ4v) is 3.86. The zero-order chi connectivity index (χ0) is 18.3. The Balaban J connectivity index is 1.91. The van der Waals surface area contributed by atoms with E-state index in [1.165, 1.54) is 0 Å². The fourth-order valence-electron chi connectivity index (χ4n) is 3.61. The van der Waals surface area contributed by atoms with Gasteiger partial charge in [-0.05, 0) is 41.8 Å². The van der Waals surface area contributed by atoms with Crippen LogP contribution in [-0.2, 0) is 11.8 Å². The van der Waals surface area contributed by atoms with Gasteiger partial charge in [-0.3, -0.25) is 9.59 Å². The van der Waals surface area contributed by atoms with Crippen LogP contribution in [0.3, 0.4) is 0 Å². The number of fused-ring (bicyclic) bond motifs is 1. The van der Waals surface area contributed by atoms with Crippen LogP contribution in [0.25, 0.3) is 0 Å². The molecular weight excluding hydrogens is 367 g/mol. The molecule has 26 heavy (non-hydrogen) atoms. The molecule has 0 bridgehead atoms. The first-order valence-corrected chi connectivity index (χ1v) is 8.97. The minimum absolute atomic E-state index is 0.171. The number of hydrogen-bond donors (Lipinski definition) is 0. The van der Waals surface area contributed by atoms with E-state index in [-0.39, 0.29) is 18.0 Å². The largest absolute Gasteiger partial charge is 0.293 e. The first-order valence-electron chi connectivity index (χ1n) is 8.21. The Morgan fingerprint density at radius 2 is 1.12 bits per heavy atom. The summed E-state index contributed by atoms with van der Waals surface area (Å²) in [6.45, 7) is 0. The number of benzene rings is 3. The summed E-state index contributed by atoms with van der Waals surface area (Å²) < 4.78 is 0. The van der Waals surface area contributed by atoms with Gasteiger partial charge in [-0.1, -0.05) is 71.7 Å². The molecular formula is C22H14Cl2O2. The van der Waals surface area contributed by atoms with Gasteiger partial charge in [0.15, 0.2) is 11.6 Å². The first kappa shape index (κ1) is 17.0. The number of rotatable bonds is 3. The molecule has 3 aromatic carbocycles. The predicted molar refractivity (Wildman–Crippen MR) is 103 cm³/mol. The molecule has 0 heterocycles. The molecule has 2 nitrogen and oxygen atoms in total. The van der Waals surface area contributed by atoms with Crippen LogP contribution in [0.1, 0.15) is 31.8 Å². The van der Waals surface area contributed by atoms with E-state index in [1.54, 1.807) is 60.7 Å². The van der Waals surface area contributed by atoms with E-state index in [4.69, 9.17) is 23.2 Å². The van der Waals surface area contributed by atoms with Crippen LogP contribution in [0.2, 0.25) is 10.0 Å². The minimum atomic E-state index is -1.28. The Morgan fingerprint density at radius 1 is 0.654 bits per heavy atom. The molecule has 0 radical (unpaired) electrons. The van der Waals surface area contributed by atoms with Crippen molar-refractivity contribution in [1.29, 1.82) is 0 Å². The number of carbonyl (C=O) groups is 2. The normalized spacial score (nSPS) is 15.2. The lowest BCUT2D eigenvalue weighted by molar-refractivity contribution is 0.0793. The van der Waals surface area contributed by atoms with Crippen molar-refractivity contribution in [3.63, 3.8) is 0 Å². The van der Waals surface area contributed by atoms with E-state index in [1.807, 2.05) is 12.1 Å². The highest BCUT2D eigenvalue weighted by Gasteiger charge is 2.53. The van der Waals surface area contributed by atoms with Gasteiger partial charge in [-0.15, -0.1) is 0 Å². The first-order chi connectivity index (χ1) is 12.5. The molecule has 0 N–H and O–H groups in total. The molecule has 0 aliphatic heterocycles. The maximum Gasteiger partial charge on any atom is 0.182 e. The zero-order valence-electron chi connectivity index (χ0n) is 13.7. The van der Waals surface area contributed by atoms with Gasteiger partial charge < -0.3 is 0 Å². The molecule has 0 unspecified atom stereocenters. The molecule has 4 heteroatoms. The molecule has 0 amide bonds. The Hall–Kier alpha value is -2.42. The minimum Gasteiger partial charge on any atom is -0.293 e. The topological polar surface area (TPSA) is 34.1 Å². The highest BCUT2D eigenvalue weighted by Crippen LogP contribution is 2.42. The second kappa shape index (κ2) is 6.39. The predicted octanol–water partition coefficient (Wildman–Crippen LogP) is 5.55. The lowest BCUT2D eigenvalue weighted by atomic mass is 9.71. The number of halogens is 2. The SMILES string of the molecule is O=C1c2ccccc2C(=O)C1(Cc1ccc(Cl)cc1)c1ccc(Cl)cc1. The van der Waals surface area contributed by atoms with Crippen molar-refractivity contribution in [2.24, 2.45) is 0 Å². The smallest absolute Gasteiger partial charge is 0.182 e. The maximum atomic E-state index is 13.4. The molecule has 0 saturated heterocycles. The van der Waals surface area contributed by atoms with Crippen LogP contribution in [0, 0.1) is 0 Å². The maximum absolute atomic E-state index is 13.4. The van der Waals surface area contributed by atoms with Crippen molar-refractivity contribution in [3.8, 4) is 0 Å². The highest BCUT2D eigenvalue weighted by atomic mass is 35.5. The summed E-state index contributed by atoms with van der Waals surface area (Å²) in [6.07, 6.45) is 0.276. The quantitative estimate of drug-likeness (QED) is 0.557. The number of ketones is 2. The van der Waals surface area contributed by atoms with Crippen LogP contribution in [0.15, 0.2) is 72.8 Å². The van der Waals surface area contributed by atoms with Crippen molar-refractivity contribution in [3.05, 3.63) is 105 Å². The fraction of sp³-hybridized carbons (Fsp3) is 0.0909. The van der Waals surface area contributed by atoms with Crippen molar-refractivity contribution in [2.75, 3.05) is 0 Å². The van der Waals surface area contributed by atoms with E-state index >= 15 is 0 Å². The average molecular weight is 381 g/mol. The van der Waals surface area contributed by atoms with Crippen LogP contribution < -0.4 is 0 Å². The molecule has 0 spiro atoms. The number of carbonyl (C=O) groups excluding carboxylic acids is 2. The summed E-state index contributed by atoms with van der Waals surface area (Å²) in [5.74, 6) is -0.342. The van der Waals surface area contributed by atoms with Crippen LogP contribution in [-0.4, -0.2) is 11.6 Å². The third kappa shape index (κ3) is 2.57. The molecule has 4 rings (SSSR count). The lowest BCUT2D eigenvalue weighted by Crippen LogP contribution is -2.40. The molecule has 0 aromatic heterocycles. The summed E-state index contributed by atoms with van der Waals surface area (Å²) in [5, 5.41) is 1.17. The summed E-state index contributed by atoms with van der Waals surface area (Å²) in [7, 11) is 0. The third-order valence-corrected chi connectivity index (χ3v) is 5.42. The van der Waals surface area contributed by atoms with Crippen LogP contribution in [0.4, 0.5) is 0 Å². The van der Waals surface area contributed by atoms with Gasteiger partial charge in [0.25, 0.3) is 0 Å². The van der Waals surface area contributed by atoms with Gasteiger partial charge in [-0.2, -0.15) is 0 Å². The molecule has 0 saturated carbocycles. The molecule has 1 aliphatic rings. The van der Waals surface area contributed by atoms with E-state index in [0.717, 1.165) is 5.56 Å². The summed E-state index contributed by atoms with van der Waals surface area (Å²) in [5.41, 5.74) is 1.20. The highest BCUT2D eigenvalue weighted by molar-refractivity contribution is 6.34. The standard InChI is InChI=1S/C22H14Cl2O2/c23-16-9-5-14(6-10-16)13-22(15-7-11-17(24)12-8-15)20(25)18-3-1-2-4-19(18)21(22)26/h1-12H,13H2. The van der Waals surface area contributed by atoms with Gasteiger partial charge in [0.2, 0.25) is 0 Å². The lowest BCUT2D eigenvalue weighted by Gasteiger charge is -2.27. The van der Waals surface area contributed by atoms with Gasteiger partial charge in [0.1, 0.15) is 5.41 Å². The molecule has 0 fully saturated rings. The van der Waals surface area contributed by atoms with Gasteiger partial charge in [-0.25, -0.2) is 0 Å². The number of hydrogen-bond acceptors (Lipinski definition) is 2. The summed E-state index contributed by atoms with van der Waals surface area (Å²) >= 11 is 12.0. The van der Waals surface area contributed by atoms with E-state index in [0.29, 0.717) is 26.7 Å².